The minimum Gasteiger partial charge on any atom is -0.336 e. The van der Waals surface area contributed by atoms with Crippen molar-refractivity contribution in [1.29, 1.82) is 0 Å². The molecule has 2 N–H and O–H groups in total. The fraction of sp³-hybridized carbons (Fsp3) is 0.750. The number of hydrogen-bond acceptors (Lipinski definition) is 3. The number of aromatic nitrogens is 3. The monoisotopic (exact) mass is 164 g/mol. The van der Waals surface area contributed by atoms with Crippen molar-refractivity contribution in [1.82, 2.24) is 14.9 Å². The average Bonchev–Trinajstić information content (AvgIpc) is 2.94. The maximum Gasteiger partial charge on any atom is 0.154 e. The highest BCUT2D eigenvalue weighted by atomic mass is 15.4. The third-order valence-electron chi connectivity index (χ3n) is 2.63. The van der Waals surface area contributed by atoms with E-state index >= 15 is 0 Å². The standard InChI is InChI=1S/C8H12N4/c9-12-7(5-1-2-5)10-11-8(12)6-3-4-6/h5-6H,1-4,9H2. The number of nitrogen functional groups attached to an aromatic ring is 1. The molecule has 0 amide bonds. The van der Waals surface area contributed by atoms with Gasteiger partial charge in [0.15, 0.2) is 11.6 Å². The fourth-order valence-corrected chi connectivity index (χ4v) is 1.56. The topological polar surface area (TPSA) is 56.7 Å². The molecule has 0 radical (unpaired) electrons. The van der Waals surface area contributed by atoms with E-state index in [4.69, 9.17) is 5.84 Å². The number of rotatable bonds is 2. The van der Waals surface area contributed by atoms with Crippen molar-refractivity contribution in [2.45, 2.75) is 37.5 Å². The Morgan fingerprint density at radius 3 is 1.75 bits per heavy atom. The summed E-state index contributed by atoms with van der Waals surface area (Å²) in [6.07, 6.45) is 4.94. The number of hydrogen-bond donors (Lipinski definition) is 1. The van der Waals surface area contributed by atoms with Crippen molar-refractivity contribution in [2.24, 2.45) is 0 Å². The summed E-state index contributed by atoms with van der Waals surface area (Å²) in [6, 6.07) is 0. The first-order valence-corrected chi connectivity index (χ1v) is 4.56. The molecule has 4 heteroatoms. The molecule has 0 saturated heterocycles. The van der Waals surface area contributed by atoms with Crippen molar-refractivity contribution in [3.63, 3.8) is 0 Å². The quantitative estimate of drug-likeness (QED) is 0.656. The van der Waals surface area contributed by atoms with Crippen molar-refractivity contribution >= 4 is 0 Å². The smallest absolute Gasteiger partial charge is 0.154 e. The molecular weight excluding hydrogens is 152 g/mol. The van der Waals surface area contributed by atoms with Crippen LogP contribution < -0.4 is 5.84 Å². The van der Waals surface area contributed by atoms with Gasteiger partial charge in [-0.1, -0.05) is 0 Å². The first-order valence-electron chi connectivity index (χ1n) is 4.56. The van der Waals surface area contributed by atoms with Crippen LogP contribution in [0.2, 0.25) is 0 Å². The molecule has 1 aromatic heterocycles. The minimum atomic E-state index is 0.606. The lowest BCUT2D eigenvalue weighted by atomic mass is 10.4. The van der Waals surface area contributed by atoms with Crippen LogP contribution in [0.3, 0.4) is 0 Å². The molecule has 4 nitrogen and oxygen atoms in total. The first kappa shape index (κ1) is 6.46. The molecule has 1 aromatic rings. The van der Waals surface area contributed by atoms with Crippen molar-refractivity contribution in [3.05, 3.63) is 11.6 Å². The average molecular weight is 164 g/mol. The molecule has 2 aliphatic carbocycles. The Balaban J connectivity index is 1.98. The van der Waals surface area contributed by atoms with Crippen LogP contribution in [-0.2, 0) is 0 Å². The molecule has 12 heavy (non-hydrogen) atoms. The lowest BCUT2D eigenvalue weighted by molar-refractivity contribution is 0.797. The van der Waals surface area contributed by atoms with Crippen LogP contribution in [0.4, 0.5) is 0 Å². The minimum absolute atomic E-state index is 0.606. The molecule has 0 aliphatic heterocycles. The first-order chi connectivity index (χ1) is 5.86. The summed E-state index contributed by atoms with van der Waals surface area (Å²) < 4.78 is 1.72. The lowest BCUT2D eigenvalue weighted by Crippen LogP contribution is -2.15. The van der Waals surface area contributed by atoms with Crippen LogP contribution in [-0.4, -0.2) is 14.9 Å². The highest BCUT2D eigenvalue weighted by Crippen LogP contribution is 2.42. The summed E-state index contributed by atoms with van der Waals surface area (Å²) in [6.45, 7) is 0. The Morgan fingerprint density at radius 1 is 1.00 bits per heavy atom. The predicted octanol–water partition coefficient (Wildman–Crippen LogP) is 0.747. The highest BCUT2D eigenvalue weighted by molar-refractivity contribution is 5.13. The Hall–Kier alpha value is -1.06. The molecule has 1 heterocycles. The van der Waals surface area contributed by atoms with Crippen molar-refractivity contribution in [3.8, 4) is 0 Å². The van der Waals surface area contributed by atoms with E-state index in [1.165, 1.54) is 25.7 Å². The van der Waals surface area contributed by atoms with Gasteiger partial charge in [0.2, 0.25) is 0 Å². The van der Waals surface area contributed by atoms with Gasteiger partial charge in [-0.3, -0.25) is 0 Å². The second-order valence-corrected chi connectivity index (χ2v) is 3.83. The third-order valence-corrected chi connectivity index (χ3v) is 2.63. The number of nitrogens with zero attached hydrogens (tertiary/aromatic N) is 3. The van der Waals surface area contributed by atoms with Crippen LogP contribution >= 0.6 is 0 Å². The van der Waals surface area contributed by atoms with Crippen LogP contribution in [0.1, 0.15) is 49.2 Å². The SMILES string of the molecule is Nn1c(C2CC2)nnc1C1CC1. The second kappa shape index (κ2) is 2.00. The van der Waals surface area contributed by atoms with E-state index in [-0.39, 0.29) is 0 Å². The molecule has 3 rings (SSSR count). The molecule has 0 aromatic carbocycles. The van der Waals surface area contributed by atoms with Gasteiger partial charge < -0.3 is 5.84 Å². The Kier molecular flexibility index (Phi) is 1.07. The molecule has 0 atom stereocenters. The van der Waals surface area contributed by atoms with Gasteiger partial charge in [0.05, 0.1) is 0 Å². The fourth-order valence-electron chi connectivity index (χ4n) is 1.56. The van der Waals surface area contributed by atoms with Gasteiger partial charge in [-0.2, -0.15) is 0 Å². The summed E-state index contributed by atoms with van der Waals surface area (Å²) in [4.78, 5) is 0. The zero-order valence-electron chi connectivity index (χ0n) is 6.90. The molecular formula is C8H12N4. The van der Waals surface area contributed by atoms with Gasteiger partial charge in [0, 0.05) is 11.8 Å². The van der Waals surface area contributed by atoms with Gasteiger partial charge >= 0.3 is 0 Å². The van der Waals surface area contributed by atoms with E-state index in [1.54, 1.807) is 4.68 Å². The van der Waals surface area contributed by atoms with Crippen molar-refractivity contribution in [2.75, 3.05) is 5.84 Å². The Morgan fingerprint density at radius 2 is 1.42 bits per heavy atom. The summed E-state index contributed by atoms with van der Waals surface area (Å²) >= 11 is 0. The maximum atomic E-state index is 5.88. The van der Waals surface area contributed by atoms with E-state index < -0.39 is 0 Å². The summed E-state index contributed by atoms with van der Waals surface area (Å²) in [7, 11) is 0. The highest BCUT2D eigenvalue weighted by Gasteiger charge is 2.34. The van der Waals surface area contributed by atoms with Crippen LogP contribution in [0.5, 0.6) is 0 Å². The second-order valence-electron chi connectivity index (χ2n) is 3.83. The Labute approximate surface area is 70.7 Å². The molecule has 64 valence electrons. The lowest BCUT2D eigenvalue weighted by Gasteiger charge is -1.99. The molecule has 2 fully saturated rings. The van der Waals surface area contributed by atoms with Crippen LogP contribution in [0, 0.1) is 0 Å². The molecule has 0 unspecified atom stereocenters. The van der Waals surface area contributed by atoms with Crippen LogP contribution in [0.15, 0.2) is 0 Å². The summed E-state index contributed by atoms with van der Waals surface area (Å²) in [5, 5.41) is 8.25. The van der Waals surface area contributed by atoms with Gasteiger partial charge in [-0.25, -0.2) is 4.68 Å². The molecule has 2 saturated carbocycles. The van der Waals surface area contributed by atoms with Gasteiger partial charge in [-0.05, 0) is 25.7 Å². The predicted molar refractivity (Wildman–Crippen MR) is 44.1 cm³/mol. The zero-order valence-corrected chi connectivity index (χ0v) is 6.90. The molecule has 2 aliphatic rings. The largest absolute Gasteiger partial charge is 0.336 e. The van der Waals surface area contributed by atoms with Crippen molar-refractivity contribution < 1.29 is 0 Å². The third kappa shape index (κ3) is 0.838. The Bertz CT molecular complexity index is 279. The van der Waals surface area contributed by atoms with Gasteiger partial charge in [0.1, 0.15) is 0 Å². The van der Waals surface area contributed by atoms with E-state index in [9.17, 15) is 0 Å². The summed E-state index contributed by atoms with van der Waals surface area (Å²) in [5.74, 6) is 9.08. The van der Waals surface area contributed by atoms with E-state index in [1.807, 2.05) is 0 Å². The maximum absolute atomic E-state index is 5.88. The van der Waals surface area contributed by atoms with Gasteiger partial charge in [-0.15, -0.1) is 10.2 Å². The number of nitrogens with two attached hydrogens (primary N) is 1. The molecule has 0 bridgehead atoms. The summed E-state index contributed by atoms with van der Waals surface area (Å²) in [5.41, 5.74) is 0. The van der Waals surface area contributed by atoms with Crippen LogP contribution in [0.25, 0.3) is 0 Å². The normalized spacial score (nSPS) is 23.0. The van der Waals surface area contributed by atoms with E-state index in [0.717, 1.165) is 11.6 Å². The molecule has 0 spiro atoms. The van der Waals surface area contributed by atoms with E-state index in [2.05, 4.69) is 10.2 Å². The van der Waals surface area contributed by atoms with E-state index in [0.29, 0.717) is 11.8 Å². The zero-order chi connectivity index (χ0) is 8.13. The van der Waals surface area contributed by atoms with Gasteiger partial charge in [0.25, 0.3) is 0 Å².